The maximum atomic E-state index is 13.2. The highest BCUT2D eigenvalue weighted by atomic mass is 19.1. The predicted molar refractivity (Wildman–Crippen MR) is 79.1 cm³/mol. The van der Waals surface area contributed by atoms with Gasteiger partial charge in [0.15, 0.2) is 0 Å². The van der Waals surface area contributed by atoms with Crippen LogP contribution in [0.25, 0.3) is 10.9 Å². The summed E-state index contributed by atoms with van der Waals surface area (Å²) in [5, 5.41) is 9.95. The number of aliphatic carboxylic acids is 1. The van der Waals surface area contributed by atoms with Crippen molar-refractivity contribution in [3.8, 4) is 0 Å². The van der Waals surface area contributed by atoms with Gasteiger partial charge in [-0.2, -0.15) is 0 Å². The topological polar surface area (TPSA) is 73.4 Å². The maximum absolute atomic E-state index is 13.2. The van der Waals surface area contributed by atoms with Crippen molar-refractivity contribution >= 4 is 22.8 Å². The van der Waals surface area contributed by atoms with Gasteiger partial charge in [-0.3, -0.25) is 9.59 Å². The smallest absolute Gasteiger partial charge is 0.311 e. The Morgan fingerprint density at radius 3 is 2.86 bits per heavy atom. The first kappa shape index (κ1) is 14.6. The van der Waals surface area contributed by atoms with Crippen LogP contribution in [0.4, 0.5) is 4.39 Å². The lowest BCUT2D eigenvalue weighted by atomic mass is 9.82. The number of nitrogens with one attached hydrogen (secondary N) is 1. The lowest BCUT2D eigenvalue weighted by Gasteiger charge is -2.37. The van der Waals surface area contributed by atoms with E-state index in [0.29, 0.717) is 36.0 Å². The van der Waals surface area contributed by atoms with Crippen LogP contribution in [-0.2, 0) is 4.79 Å². The van der Waals surface area contributed by atoms with Crippen molar-refractivity contribution in [1.82, 2.24) is 9.88 Å². The van der Waals surface area contributed by atoms with E-state index in [4.69, 9.17) is 0 Å². The van der Waals surface area contributed by atoms with Crippen LogP contribution in [0, 0.1) is 11.2 Å². The Morgan fingerprint density at radius 2 is 2.14 bits per heavy atom. The molecule has 1 unspecified atom stereocenters. The van der Waals surface area contributed by atoms with Crippen molar-refractivity contribution in [3.05, 3.63) is 35.8 Å². The summed E-state index contributed by atoms with van der Waals surface area (Å²) in [6.45, 7) is 2.38. The predicted octanol–water partition coefficient (Wildman–Crippen LogP) is 2.63. The van der Waals surface area contributed by atoms with E-state index in [2.05, 4.69) is 4.98 Å². The quantitative estimate of drug-likeness (QED) is 0.895. The zero-order valence-corrected chi connectivity index (χ0v) is 12.2. The molecule has 6 heteroatoms. The molecule has 0 spiro atoms. The third-order valence-electron chi connectivity index (χ3n) is 4.31. The van der Waals surface area contributed by atoms with E-state index in [-0.39, 0.29) is 18.3 Å². The molecule has 2 N–H and O–H groups in total. The molecule has 0 aliphatic carbocycles. The maximum Gasteiger partial charge on any atom is 0.311 e. The molecule has 116 valence electrons. The van der Waals surface area contributed by atoms with Crippen molar-refractivity contribution < 1.29 is 19.1 Å². The zero-order chi connectivity index (χ0) is 15.9. The average Bonchev–Trinajstić information content (AvgIpc) is 2.89. The van der Waals surface area contributed by atoms with Gasteiger partial charge < -0.3 is 15.0 Å². The molecule has 1 atom stereocenters. The van der Waals surface area contributed by atoms with Gasteiger partial charge in [0.25, 0.3) is 5.91 Å². The van der Waals surface area contributed by atoms with Gasteiger partial charge in [0.2, 0.25) is 0 Å². The van der Waals surface area contributed by atoms with Crippen LogP contribution in [0.5, 0.6) is 0 Å². The number of hydrogen-bond donors (Lipinski definition) is 2. The van der Waals surface area contributed by atoms with Crippen molar-refractivity contribution in [2.75, 3.05) is 13.1 Å². The van der Waals surface area contributed by atoms with Gasteiger partial charge >= 0.3 is 5.97 Å². The van der Waals surface area contributed by atoms with Crippen molar-refractivity contribution in [1.29, 1.82) is 0 Å². The normalized spacial score (nSPS) is 22.0. The Kier molecular flexibility index (Phi) is 3.39. The van der Waals surface area contributed by atoms with Gasteiger partial charge in [-0.1, -0.05) is 0 Å². The number of carboxylic acids is 1. The minimum atomic E-state index is -0.911. The Hall–Kier alpha value is -2.37. The van der Waals surface area contributed by atoms with Crippen LogP contribution in [0.3, 0.4) is 0 Å². The molecule has 2 heterocycles. The number of amides is 1. The highest BCUT2D eigenvalue weighted by Gasteiger charge is 2.39. The fraction of sp³-hybridized carbons (Fsp3) is 0.375. The molecule has 1 fully saturated rings. The molecule has 0 radical (unpaired) electrons. The molecule has 0 saturated carbocycles. The molecule has 1 amide bonds. The van der Waals surface area contributed by atoms with Gasteiger partial charge in [-0.15, -0.1) is 0 Å². The van der Waals surface area contributed by atoms with Gasteiger partial charge in [0.1, 0.15) is 11.5 Å². The number of halogens is 1. The number of benzene rings is 1. The molecular weight excluding hydrogens is 287 g/mol. The number of aromatic amines is 1. The van der Waals surface area contributed by atoms with E-state index >= 15 is 0 Å². The number of H-pyrrole nitrogens is 1. The lowest BCUT2D eigenvalue weighted by Crippen LogP contribution is -2.48. The molecule has 2 aromatic rings. The molecule has 1 aliphatic heterocycles. The van der Waals surface area contributed by atoms with E-state index in [1.807, 2.05) is 0 Å². The van der Waals surface area contributed by atoms with Crippen LogP contribution < -0.4 is 0 Å². The van der Waals surface area contributed by atoms with Crippen LogP contribution >= 0.6 is 0 Å². The number of piperidine rings is 1. The summed E-state index contributed by atoms with van der Waals surface area (Å²) in [4.78, 5) is 28.5. The molecule has 1 aromatic carbocycles. The number of hydrogen-bond acceptors (Lipinski definition) is 2. The number of carbonyl (C=O) groups is 2. The Balaban J connectivity index is 1.87. The molecule has 1 aromatic heterocycles. The summed E-state index contributed by atoms with van der Waals surface area (Å²) in [5.41, 5.74) is 0.129. The third-order valence-corrected chi connectivity index (χ3v) is 4.31. The van der Waals surface area contributed by atoms with Crippen molar-refractivity contribution in [2.45, 2.75) is 19.8 Å². The first-order valence-electron chi connectivity index (χ1n) is 7.20. The average molecular weight is 304 g/mol. The third kappa shape index (κ3) is 2.45. The minimum Gasteiger partial charge on any atom is -0.481 e. The SMILES string of the molecule is CC1(C(=O)O)CCCN(C(=O)c2cc3cc(F)ccc3[nH]2)C1. The Labute approximate surface area is 126 Å². The standard InChI is InChI=1S/C16H17FN2O3/c1-16(15(21)22)5-2-6-19(9-16)14(20)13-8-10-7-11(17)3-4-12(10)18-13/h3-4,7-8,18H,2,5-6,9H2,1H3,(H,21,22). The fourth-order valence-electron chi connectivity index (χ4n) is 2.98. The molecule has 22 heavy (non-hydrogen) atoms. The highest BCUT2D eigenvalue weighted by Crippen LogP contribution is 2.30. The van der Waals surface area contributed by atoms with Crippen LogP contribution in [0.1, 0.15) is 30.3 Å². The van der Waals surface area contributed by atoms with Crippen LogP contribution in [0.2, 0.25) is 0 Å². The molecule has 1 aliphatic rings. The summed E-state index contributed by atoms with van der Waals surface area (Å²) < 4.78 is 13.2. The number of fused-ring (bicyclic) bond motifs is 1. The van der Waals surface area contributed by atoms with E-state index in [9.17, 15) is 19.1 Å². The summed E-state index contributed by atoms with van der Waals surface area (Å²) in [5.74, 6) is -1.49. The molecule has 0 bridgehead atoms. The summed E-state index contributed by atoms with van der Waals surface area (Å²) in [6, 6.07) is 5.88. The second-order valence-corrected chi connectivity index (χ2v) is 6.11. The van der Waals surface area contributed by atoms with Crippen LogP contribution in [-0.4, -0.2) is 40.0 Å². The number of aromatic nitrogens is 1. The molecular formula is C16H17FN2O3. The largest absolute Gasteiger partial charge is 0.481 e. The van der Waals surface area contributed by atoms with Crippen LogP contribution in [0.15, 0.2) is 24.3 Å². The van der Waals surface area contributed by atoms with Crippen molar-refractivity contribution in [3.63, 3.8) is 0 Å². The van der Waals surface area contributed by atoms with E-state index in [1.54, 1.807) is 24.0 Å². The van der Waals surface area contributed by atoms with Gasteiger partial charge in [0, 0.05) is 24.0 Å². The summed E-state index contributed by atoms with van der Waals surface area (Å²) >= 11 is 0. The Morgan fingerprint density at radius 1 is 1.36 bits per heavy atom. The van der Waals surface area contributed by atoms with E-state index in [0.717, 1.165) is 0 Å². The number of rotatable bonds is 2. The molecule has 3 rings (SSSR count). The number of likely N-dealkylation sites (tertiary alicyclic amines) is 1. The number of nitrogens with zero attached hydrogens (tertiary/aromatic N) is 1. The van der Waals surface area contributed by atoms with Gasteiger partial charge in [-0.05, 0) is 44.0 Å². The zero-order valence-electron chi connectivity index (χ0n) is 12.2. The van der Waals surface area contributed by atoms with Crippen molar-refractivity contribution in [2.24, 2.45) is 5.41 Å². The first-order valence-corrected chi connectivity index (χ1v) is 7.20. The minimum absolute atomic E-state index is 0.185. The molecule has 1 saturated heterocycles. The fourth-order valence-corrected chi connectivity index (χ4v) is 2.98. The van der Waals surface area contributed by atoms with Gasteiger partial charge in [-0.25, -0.2) is 4.39 Å². The van der Waals surface area contributed by atoms with E-state index in [1.165, 1.54) is 12.1 Å². The number of carboxylic acid groups (broad SMARTS) is 1. The monoisotopic (exact) mass is 304 g/mol. The second-order valence-electron chi connectivity index (χ2n) is 6.11. The Bertz CT molecular complexity index is 755. The molecule has 5 nitrogen and oxygen atoms in total. The lowest BCUT2D eigenvalue weighted by molar-refractivity contribution is -0.150. The van der Waals surface area contributed by atoms with Gasteiger partial charge in [0.05, 0.1) is 5.41 Å². The summed E-state index contributed by atoms with van der Waals surface area (Å²) in [7, 11) is 0. The summed E-state index contributed by atoms with van der Waals surface area (Å²) in [6.07, 6.45) is 1.22. The number of carbonyl (C=O) groups excluding carboxylic acids is 1. The second kappa shape index (κ2) is 5.12. The highest BCUT2D eigenvalue weighted by molar-refractivity contribution is 5.98. The first-order chi connectivity index (χ1) is 10.4. The van der Waals surface area contributed by atoms with E-state index < -0.39 is 11.4 Å².